The monoisotopic (exact) mass is 234 g/mol. The van der Waals surface area contributed by atoms with Crippen molar-refractivity contribution in [2.75, 3.05) is 13.7 Å². The van der Waals surface area contributed by atoms with Crippen LogP contribution in [0.15, 0.2) is 12.1 Å². The molecule has 5 nitrogen and oxygen atoms in total. The van der Waals surface area contributed by atoms with Crippen molar-refractivity contribution < 1.29 is 4.74 Å². The van der Waals surface area contributed by atoms with Crippen LogP contribution < -0.4 is 10.1 Å². The second-order valence-electron chi connectivity index (χ2n) is 4.02. The first-order valence-electron chi connectivity index (χ1n) is 5.88. The molecule has 0 saturated carbocycles. The standard InChI is InChI=1S/C12H18N4O/c1-4-7-13-8(2)11-14-9-5-6-10(17-3)15-12(9)16-11/h5-6,8,13H,4,7H2,1-3H3,(H,14,15,16). The quantitative estimate of drug-likeness (QED) is 0.831. The van der Waals surface area contributed by atoms with Gasteiger partial charge in [-0.3, -0.25) is 0 Å². The molecule has 92 valence electrons. The summed E-state index contributed by atoms with van der Waals surface area (Å²) < 4.78 is 5.08. The van der Waals surface area contributed by atoms with E-state index in [0.717, 1.165) is 24.3 Å². The first kappa shape index (κ1) is 11.9. The van der Waals surface area contributed by atoms with Crippen LogP contribution >= 0.6 is 0 Å². The van der Waals surface area contributed by atoms with E-state index < -0.39 is 0 Å². The molecule has 2 aromatic rings. The molecule has 1 atom stereocenters. The Morgan fingerprint density at radius 1 is 1.41 bits per heavy atom. The number of hydrogen-bond acceptors (Lipinski definition) is 4. The number of nitrogens with one attached hydrogen (secondary N) is 2. The van der Waals surface area contributed by atoms with Gasteiger partial charge in [0.15, 0.2) is 5.65 Å². The molecule has 17 heavy (non-hydrogen) atoms. The van der Waals surface area contributed by atoms with E-state index in [1.54, 1.807) is 7.11 Å². The third kappa shape index (κ3) is 2.55. The average molecular weight is 234 g/mol. The summed E-state index contributed by atoms with van der Waals surface area (Å²) in [5.74, 6) is 1.50. The van der Waals surface area contributed by atoms with Crippen LogP contribution in [0.3, 0.4) is 0 Å². The van der Waals surface area contributed by atoms with E-state index in [9.17, 15) is 0 Å². The van der Waals surface area contributed by atoms with Crippen LogP contribution in [0.25, 0.3) is 11.2 Å². The molecule has 5 heteroatoms. The lowest BCUT2D eigenvalue weighted by Gasteiger charge is -2.09. The maximum Gasteiger partial charge on any atom is 0.215 e. The first-order chi connectivity index (χ1) is 8.24. The van der Waals surface area contributed by atoms with Crippen molar-refractivity contribution in [3.63, 3.8) is 0 Å². The molecule has 0 bridgehead atoms. The topological polar surface area (TPSA) is 62.8 Å². The van der Waals surface area contributed by atoms with Crippen molar-refractivity contribution in [3.05, 3.63) is 18.0 Å². The Morgan fingerprint density at radius 3 is 2.94 bits per heavy atom. The highest BCUT2D eigenvalue weighted by molar-refractivity contribution is 5.71. The maximum absolute atomic E-state index is 5.08. The predicted octanol–water partition coefficient (Wildman–Crippen LogP) is 2.03. The Labute approximate surface area is 101 Å². The lowest BCUT2D eigenvalue weighted by atomic mass is 10.3. The molecule has 0 spiro atoms. The fraction of sp³-hybridized carbons (Fsp3) is 0.500. The molecule has 0 amide bonds. The molecule has 0 fully saturated rings. The lowest BCUT2D eigenvalue weighted by Crippen LogP contribution is -2.20. The van der Waals surface area contributed by atoms with Crippen LogP contribution in [0.1, 0.15) is 32.1 Å². The molecule has 0 aliphatic carbocycles. The third-order valence-electron chi connectivity index (χ3n) is 2.66. The van der Waals surface area contributed by atoms with Crippen LogP contribution in [0, 0.1) is 0 Å². The van der Waals surface area contributed by atoms with Gasteiger partial charge in [-0.05, 0) is 26.0 Å². The lowest BCUT2D eigenvalue weighted by molar-refractivity contribution is 0.399. The summed E-state index contributed by atoms with van der Waals surface area (Å²) >= 11 is 0. The number of fused-ring (bicyclic) bond motifs is 1. The maximum atomic E-state index is 5.08. The van der Waals surface area contributed by atoms with E-state index in [1.165, 1.54) is 0 Å². The summed E-state index contributed by atoms with van der Waals surface area (Å²) in [6.07, 6.45) is 1.11. The number of hydrogen-bond donors (Lipinski definition) is 2. The Kier molecular flexibility index (Phi) is 3.58. The van der Waals surface area contributed by atoms with Gasteiger partial charge in [-0.15, -0.1) is 0 Å². The van der Waals surface area contributed by atoms with Gasteiger partial charge in [-0.1, -0.05) is 6.92 Å². The normalized spacial score (nSPS) is 12.9. The number of H-pyrrole nitrogens is 1. The van der Waals surface area contributed by atoms with Crippen molar-refractivity contribution >= 4 is 11.2 Å². The van der Waals surface area contributed by atoms with Gasteiger partial charge in [-0.2, -0.15) is 4.98 Å². The van der Waals surface area contributed by atoms with E-state index in [1.807, 2.05) is 12.1 Å². The Morgan fingerprint density at radius 2 is 2.24 bits per heavy atom. The minimum Gasteiger partial charge on any atom is -0.481 e. The SMILES string of the molecule is CCCNC(C)c1nc2nc(OC)ccc2[nH]1. The number of imidazole rings is 1. The number of pyridine rings is 1. The molecular weight excluding hydrogens is 216 g/mol. The second-order valence-corrected chi connectivity index (χ2v) is 4.02. The summed E-state index contributed by atoms with van der Waals surface area (Å²) in [5, 5.41) is 3.39. The van der Waals surface area contributed by atoms with Gasteiger partial charge in [0.1, 0.15) is 5.82 Å². The number of methoxy groups -OCH3 is 1. The van der Waals surface area contributed by atoms with Gasteiger partial charge in [0, 0.05) is 6.07 Å². The summed E-state index contributed by atoms with van der Waals surface area (Å²) in [5.41, 5.74) is 1.63. The zero-order valence-corrected chi connectivity index (χ0v) is 10.4. The number of nitrogens with zero attached hydrogens (tertiary/aromatic N) is 2. The van der Waals surface area contributed by atoms with Crippen LogP contribution in [-0.2, 0) is 0 Å². The third-order valence-corrected chi connectivity index (χ3v) is 2.66. The summed E-state index contributed by atoms with van der Waals surface area (Å²) in [7, 11) is 1.60. The predicted molar refractivity (Wildman–Crippen MR) is 67.1 cm³/mol. The zero-order valence-electron chi connectivity index (χ0n) is 10.4. The second kappa shape index (κ2) is 5.14. The van der Waals surface area contributed by atoms with Gasteiger partial charge >= 0.3 is 0 Å². The number of aromatic amines is 1. The summed E-state index contributed by atoms with van der Waals surface area (Å²) in [4.78, 5) is 12.0. The van der Waals surface area contributed by atoms with Gasteiger partial charge in [-0.25, -0.2) is 4.98 Å². The van der Waals surface area contributed by atoms with Crippen molar-refractivity contribution in [1.82, 2.24) is 20.3 Å². The largest absolute Gasteiger partial charge is 0.481 e. The molecule has 2 rings (SSSR count). The Bertz CT molecular complexity index is 494. The Balaban J connectivity index is 2.24. The van der Waals surface area contributed by atoms with Gasteiger partial charge in [0.25, 0.3) is 0 Å². The van der Waals surface area contributed by atoms with Crippen LogP contribution in [0.4, 0.5) is 0 Å². The highest BCUT2D eigenvalue weighted by Crippen LogP contribution is 2.17. The van der Waals surface area contributed by atoms with E-state index in [2.05, 4.69) is 34.1 Å². The summed E-state index contributed by atoms with van der Waals surface area (Å²) in [6.45, 7) is 5.21. The van der Waals surface area contributed by atoms with Gasteiger partial charge in [0.2, 0.25) is 5.88 Å². The van der Waals surface area contributed by atoms with E-state index >= 15 is 0 Å². The van der Waals surface area contributed by atoms with E-state index in [-0.39, 0.29) is 6.04 Å². The molecule has 0 aliphatic rings. The van der Waals surface area contributed by atoms with E-state index in [4.69, 9.17) is 4.74 Å². The minimum absolute atomic E-state index is 0.204. The molecule has 0 radical (unpaired) electrons. The molecule has 0 saturated heterocycles. The van der Waals surface area contributed by atoms with Gasteiger partial charge < -0.3 is 15.0 Å². The number of aromatic nitrogens is 3. The molecule has 2 heterocycles. The molecular formula is C12H18N4O. The highest BCUT2D eigenvalue weighted by Gasteiger charge is 2.10. The number of rotatable bonds is 5. The highest BCUT2D eigenvalue weighted by atomic mass is 16.5. The fourth-order valence-corrected chi connectivity index (χ4v) is 1.67. The van der Waals surface area contributed by atoms with Crippen molar-refractivity contribution in [3.8, 4) is 5.88 Å². The van der Waals surface area contributed by atoms with Gasteiger partial charge in [0.05, 0.1) is 18.7 Å². The van der Waals surface area contributed by atoms with Crippen LogP contribution in [-0.4, -0.2) is 28.6 Å². The molecule has 2 N–H and O–H groups in total. The smallest absolute Gasteiger partial charge is 0.215 e. The van der Waals surface area contributed by atoms with Crippen molar-refractivity contribution in [2.45, 2.75) is 26.3 Å². The number of ether oxygens (including phenoxy) is 1. The zero-order chi connectivity index (χ0) is 12.3. The Hall–Kier alpha value is -1.62. The summed E-state index contributed by atoms with van der Waals surface area (Å²) in [6, 6.07) is 3.97. The van der Waals surface area contributed by atoms with Crippen LogP contribution in [0.5, 0.6) is 5.88 Å². The average Bonchev–Trinajstić information content (AvgIpc) is 2.78. The molecule has 0 aliphatic heterocycles. The fourth-order valence-electron chi connectivity index (χ4n) is 1.67. The van der Waals surface area contributed by atoms with Crippen LogP contribution in [0.2, 0.25) is 0 Å². The van der Waals surface area contributed by atoms with Crippen molar-refractivity contribution in [1.29, 1.82) is 0 Å². The van der Waals surface area contributed by atoms with E-state index in [0.29, 0.717) is 11.5 Å². The first-order valence-corrected chi connectivity index (χ1v) is 5.88. The molecule has 2 aromatic heterocycles. The van der Waals surface area contributed by atoms with Crippen molar-refractivity contribution in [2.24, 2.45) is 0 Å². The molecule has 1 unspecified atom stereocenters. The minimum atomic E-state index is 0.204. The molecule has 0 aromatic carbocycles.